The van der Waals surface area contributed by atoms with Gasteiger partial charge in [0.2, 0.25) is 11.8 Å². The quantitative estimate of drug-likeness (QED) is 0.465. The highest BCUT2D eigenvalue weighted by molar-refractivity contribution is 5.58. The van der Waals surface area contributed by atoms with Crippen LogP contribution in [0.4, 0.5) is 0 Å². The third kappa shape index (κ3) is 3.83. The lowest BCUT2D eigenvalue weighted by Crippen LogP contribution is -1.95. The van der Waals surface area contributed by atoms with Crippen LogP contribution in [0.1, 0.15) is 22.5 Å². The van der Waals surface area contributed by atoms with Crippen LogP contribution in [0.15, 0.2) is 69.9 Å². The normalized spacial score (nSPS) is 11.0. The van der Waals surface area contributed by atoms with Gasteiger partial charge in [-0.05, 0) is 37.1 Å². The first-order chi connectivity index (χ1) is 13.2. The summed E-state index contributed by atoms with van der Waals surface area (Å²) in [5.74, 6) is 1.21. The SMILES string of the molecule is Cc1ccccc1-c1nc(COCc2coc(-c3ccccc3C)n2)co1. The highest BCUT2D eigenvalue weighted by atomic mass is 16.5. The molecule has 0 fully saturated rings. The molecule has 5 heteroatoms. The molecule has 5 nitrogen and oxygen atoms in total. The van der Waals surface area contributed by atoms with Crippen LogP contribution in [0.3, 0.4) is 0 Å². The van der Waals surface area contributed by atoms with E-state index < -0.39 is 0 Å². The molecule has 0 aliphatic rings. The van der Waals surface area contributed by atoms with E-state index in [-0.39, 0.29) is 0 Å². The highest BCUT2D eigenvalue weighted by Gasteiger charge is 2.11. The predicted octanol–water partition coefficient (Wildman–Crippen LogP) is 5.33. The van der Waals surface area contributed by atoms with Crippen molar-refractivity contribution in [1.82, 2.24) is 9.97 Å². The van der Waals surface area contributed by atoms with E-state index in [0.29, 0.717) is 25.0 Å². The summed E-state index contributed by atoms with van der Waals surface area (Å²) in [7, 11) is 0. The minimum atomic E-state index is 0.349. The lowest BCUT2D eigenvalue weighted by Gasteiger charge is -2.00. The molecule has 2 heterocycles. The first kappa shape index (κ1) is 17.2. The summed E-state index contributed by atoms with van der Waals surface area (Å²) < 4.78 is 16.9. The number of benzene rings is 2. The fraction of sp³-hybridized carbons (Fsp3) is 0.182. The second-order valence-electron chi connectivity index (χ2n) is 6.41. The first-order valence-electron chi connectivity index (χ1n) is 8.79. The Morgan fingerprint density at radius 2 is 1.15 bits per heavy atom. The molecule has 0 amide bonds. The van der Waals surface area contributed by atoms with Gasteiger partial charge in [0.25, 0.3) is 0 Å². The molecule has 27 heavy (non-hydrogen) atoms. The summed E-state index contributed by atoms with van der Waals surface area (Å²) in [6.07, 6.45) is 3.26. The molecule has 0 atom stereocenters. The molecule has 0 radical (unpaired) electrons. The van der Waals surface area contributed by atoms with Gasteiger partial charge in [0, 0.05) is 11.1 Å². The fourth-order valence-corrected chi connectivity index (χ4v) is 2.88. The van der Waals surface area contributed by atoms with Crippen LogP contribution >= 0.6 is 0 Å². The molecule has 0 N–H and O–H groups in total. The molecule has 0 unspecified atom stereocenters. The monoisotopic (exact) mass is 360 g/mol. The maximum absolute atomic E-state index is 5.72. The van der Waals surface area contributed by atoms with E-state index in [1.165, 1.54) is 0 Å². The van der Waals surface area contributed by atoms with Gasteiger partial charge in [0.1, 0.15) is 23.9 Å². The maximum atomic E-state index is 5.72. The average molecular weight is 360 g/mol. The van der Waals surface area contributed by atoms with Gasteiger partial charge >= 0.3 is 0 Å². The van der Waals surface area contributed by atoms with Gasteiger partial charge in [-0.15, -0.1) is 0 Å². The molecule has 0 bridgehead atoms. The summed E-state index contributed by atoms with van der Waals surface area (Å²) in [4.78, 5) is 9.00. The summed E-state index contributed by atoms with van der Waals surface area (Å²) in [5.41, 5.74) is 5.72. The minimum Gasteiger partial charge on any atom is -0.444 e. The van der Waals surface area contributed by atoms with Gasteiger partial charge in [-0.2, -0.15) is 0 Å². The Kier molecular flexibility index (Phi) is 4.85. The maximum Gasteiger partial charge on any atom is 0.226 e. The van der Waals surface area contributed by atoms with Gasteiger partial charge in [0.15, 0.2) is 0 Å². The molecule has 0 aliphatic carbocycles. The Morgan fingerprint density at radius 1 is 0.704 bits per heavy atom. The smallest absolute Gasteiger partial charge is 0.226 e. The van der Waals surface area contributed by atoms with Gasteiger partial charge in [-0.3, -0.25) is 0 Å². The van der Waals surface area contributed by atoms with Crippen molar-refractivity contribution in [3.8, 4) is 22.9 Å². The predicted molar refractivity (Wildman–Crippen MR) is 102 cm³/mol. The van der Waals surface area contributed by atoms with Crippen molar-refractivity contribution in [2.75, 3.05) is 0 Å². The summed E-state index contributed by atoms with van der Waals surface area (Å²) in [6.45, 7) is 4.77. The lowest BCUT2D eigenvalue weighted by molar-refractivity contribution is 0.102. The zero-order valence-electron chi connectivity index (χ0n) is 15.3. The van der Waals surface area contributed by atoms with Gasteiger partial charge in [-0.1, -0.05) is 36.4 Å². The van der Waals surface area contributed by atoms with Crippen LogP contribution in [-0.4, -0.2) is 9.97 Å². The van der Waals surface area contributed by atoms with E-state index in [4.69, 9.17) is 13.6 Å². The van der Waals surface area contributed by atoms with Crippen LogP contribution in [0.5, 0.6) is 0 Å². The molecule has 4 aromatic rings. The highest BCUT2D eigenvalue weighted by Crippen LogP contribution is 2.24. The lowest BCUT2D eigenvalue weighted by atomic mass is 10.1. The second-order valence-corrected chi connectivity index (χ2v) is 6.41. The van der Waals surface area contributed by atoms with Crippen molar-refractivity contribution < 1.29 is 13.6 Å². The van der Waals surface area contributed by atoms with Crippen molar-refractivity contribution in [3.63, 3.8) is 0 Å². The third-order valence-corrected chi connectivity index (χ3v) is 4.35. The molecule has 0 aliphatic heterocycles. The van der Waals surface area contributed by atoms with Gasteiger partial charge in [-0.25, -0.2) is 9.97 Å². The molecule has 0 saturated heterocycles. The molecule has 136 valence electrons. The minimum absolute atomic E-state index is 0.349. The van der Waals surface area contributed by atoms with Crippen molar-refractivity contribution >= 4 is 0 Å². The molecule has 2 aromatic heterocycles. The summed E-state index contributed by atoms with van der Waals surface area (Å²) in [5, 5.41) is 0. The number of oxazole rings is 2. The molecule has 2 aromatic carbocycles. The molecule has 4 rings (SSSR count). The Labute approximate surface area is 157 Å². The van der Waals surface area contributed by atoms with Crippen molar-refractivity contribution in [1.29, 1.82) is 0 Å². The number of aromatic nitrogens is 2. The number of hydrogen-bond donors (Lipinski definition) is 0. The van der Waals surface area contributed by atoms with E-state index in [1.54, 1.807) is 12.5 Å². The van der Waals surface area contributed by atoms with Crippen molar-refractivity contribution in [2.45, 2.75) is 27.1 Å². The Morgan fingerprint density at radius 3 is 1.59 bits per heavy atom. The number of hydrogen-bond acceptors (Lipinski definition) is 5. The number of nitrogens with zero attached hydrogens (tertiary/aromatic N) is 2. The largest absolute Gasteiger partial charge is 0.444 e. The number of aryl methyl sites for hydroxylation is 2. The van der Waals surface area contributed by atoms with Crippen LogP contribution in [0.2, 0.25) is 0 Å². The Bertz CT molecular complexity index is 965. The van der Waals surface area contributed by atoms with Gasteiger partial charge < -0.3 is 13.6 Å². The molecular weight excluding hydrogens is 340 g/mol. The van der Waals surface area contributed by atoms with Gasteiger partial charge in [0.05, 0.1) is 13.2 Å². The van der Waals surface area contributed by atoms with E-state index in [1.807, 2.05) is 62.4 Å². The fourth-order valence-electron chi connectivity index (χ4n) is 2.88. The molecule has 0 saturated carbocycles. The summed E-state index contributed by atoms with van der Waals surface area (Å²) in [6, 6.07) is 16.0. The van der Waals surface area contributed by atoms with Crippen molar-refractivity contribution in [3.05, 3.63) is 83.6 Å². The second kappa shape index (κ2) is 7.60. The third-order valence-electron chi connectivity index (χ3n) is 4.35. The standard InChI is InChI=1S/C22H20N2O3/c1-15-7-3-5-9-19(15)21-23-17(13-26-21)11-25-12-18-14-27-22(24-18)20-10-6-4-8-16(20)2/h3-10,13-14H,11-12H2,1-2H3. The van der Waals surface area contributed by atoms with E-state index in [9.17, 15) is 0 Å². The van der Waals surface area contributed by atoms with Crippen LogP contribution in [-0.2, 0) is 18.0 Å². The first-order valence-corrected chi connectivity index (χ1v) is 8.79. The van der Waals surface area contributed by atoms with Crippen LogP contribution in [0, 0.1) is 13.8 Å². The van der Waals surface area contributed by atoms with Crippen molar-refractivity contribution in [2.24, 2.45) is 0 Å². The Hall–Kier alpha value is -3.18. The zero-order valence-corrected chi connectivity index (χ0v) is 15.3. The number of ether oxygens (including phenoxy) is 1. The Balaban J connectivity index is 1.37. The topological polar surface area (TPSA) is 61.3 Å². The molecular formula is C22H20N2O3. The number of rotatable bonds is 6. The zero-order chi connectivity index (χ0) is 18.6. The van der Waals surface area contributed by atoms with E-state index in [0.717, 1.165) is 33.6 Å². The van der Waals surface area contributed by atoms with Crippen LogP contribution in [0.25, 0.3) is 22.9 Å². The summed E-state index contributed by atoms with van der Waals surface area (Å²) >= 11 is 0. The van der Waals surface area contributed by atoms with Crippen LogP contribution < -0.4 is 0 Å². The molecule has 0 spiro atoms. The average Bonchev–Trinajstić information content (AvgIpc) is 3.33. The van der Waals surface area contributed by atoms with E-state index >= 15 is 0 Å². The van der Waals surface area contributed by atoms with E-state index in [2.05, 4.69) is 9.97 Å².